The van der Waals surface area contributed by atoms with Gasteiger partial charge in [0.05, 0.1) is 23.9 Å². The lowest BCUT2D eigenvalue weighted by Gasteiger charge is -2.08. The Morgan fingerprint density at radius 1 is 1.34 bits per heavy atom. The topological polar surface area (TPSA) is 139 Å². The minimum absolute atomic E-state index is 0.0244. The Labute approximate surface area is 164 Å². The molecule has 1 heterocycles. The van der Waals surface area contributed by atoms with Crippen molar-refractivity contribution in [1.29, 1.82) is 5.26 Å². The first kappa shape index (κ1) is 19.5. The monoisotopic (exact) mass is 394 g/mol. The van der Waals surface area contributed by atoms with Crippen molar-refractivity contribution in [2.45, 2.75) is 12.5 Å². The first-order valence-electron chi connectivity index (χ1n) is 8.41. The smallest absolute Gasteiger partial charge is 0.252 e. The summed E-state index contributed by atoms with van der Waals surface area (Å²) in [4.78, 5) is 28.2. The molecule has 0 unspecified atom stereocenters. The fraction of sp³-hybridized carbons (Fsp3) is 0.105. The van der Waals surface area contributed by atoms with Crippen molar-refractivity contribution in [2.75, 3.05) is 5.32 Å². The van der Waals surface area contributed by atoms with Crippen molar-refractivity contribution in [3.05, 3.63) is 59.4 Å². The number of carbonyl (C=O) groups is 2. The van der Waals surface area contributed by atoms with E-state index in [4.69, 9.17) is 5.26 Å². The van der Waals surface area contributed by atoms with E-state index in [1.165, 1.54) is 24.4 Å². The molecule has 2 aromatic carbocycles. The lowest BCUT2D eigenvalue weighted by atomic mass is 10.1. The average Bonchev–Trinajstić information content (AvgIpc) is 3.03. The molecule has 4 N–H and O–H groups in total. The highest BCUT2D eigenvalue weighted by Gasteiger charge is 2.28. The highest BCUT2D eigenvalue weighted by Crippen LogP contribution is 2.17. The Morgan fingerprint density at radius 3 is 2.83 bits per heavy atom. The Morgan fingerprint density at radius 2 is 2.10 bits per heavy atom. The van der Waals surface area contributed by atoms with Crippen LogP contribution < -0.4 is 16.1 Å². The Kier molecular flexibility index (Phi) is 5.80. The number of carbonyl (C=O) groups excluding carboxylic acids is 2. The summed E-state index contributed by atoms with van der Waals surface area (Å²) < 4.78 is 13.2. The molecule has 1 aliphatic heterocycles. The van der Waals surface area contributed by atoms with E-state index < -0.39 is 23.7 Å². The fourth-order valence-electron chi connectivity index (χ4n) is 2.47. The summed E-state index contributed by atoms with van der Waals surface area (Å²) in [5, 5.41) is 27.1. The van der Waals surface area contributed by atoms with Gasteiger partial charge in [-0.15, -0.1) is 0 Å². The van der Waals surface area contributed by atoms with Gasteiger partial charge in [0.25, 0.3) is 5.91 Å². The van der Waals surface area contributed by atoms with Crippen LogP contribution in [0.15, 0.2) is 52.6 Å². The van der Waals surface area contributed by atoms with Gasteiger partial charge in [-0.25, -0.2) is 14.8 Å². The molecular formula is C19H15FN6O3. The van der Waals surface area contributed by atoms with Crippen LogP contribution in [0.2, 0.25) is 0 Å². The number of nitrogens with one attached hydrogen (secondary N) is 3. The Hall–Kier alpha value is -4.26. The number of nitriles is 1. The zero-order valence-corrected chi connectivity index (χ0v) is 14.9. The molecule has 2 aromatic rings. The second-order valence-electron chi connectivity index (χ2n) is 6.00. The molecule has 0 radical (unpaired) electrons. The average molecular weight is 394 g/mol. The molecule has 10 heteroatoms. The number of anilines is 1. The third-order valence-corrected chi connectivity index (χ3v) is 3.86. The number of phenolic OH excluding ortho intramolecular Hbond substituents is 1. The number of guanidine groups is 1. The minimum Gasteiger partial charge on any atom is -0.508 e. The van der Waals surface area contributed by atoms with E-state index in [1.807, 2.05) is 0 Å². The van der Waals surface area contributed by atoms with Crippen molar-refractivity contribution >= 4 is 29.7 Å². The summed E-state index contributed by atoms with van der Waals surface area (Å²) >= 11 is 0. The molecule has 0 aromatic heterocycles. The molecule has 0 saturated heterocycles. The van der Waals surface area contributed by atoms with Crippen LogP contribution in [0.4, 0.5) is 10.1 Å². The van der Waals surface area contributed by atoms with Crippen LogP contribution in [0, 0.1) is 17.1 Å². The van der Waals surface area contributed by atoms with Crippen molar-refractivity contribution < 1.29 is 19.1 Å². The SMILES string of the molecule is N#Cc1cc(F)ccc1NC(=O)C[C@H]1N=C(N/N=C\c2ccc(O)cc2)NC1=O. The molecule has 1 atom stereocenters. The number of amides is 2. The predicted molar refractivity (Wildman–Crippen MR) is 103 cm³/mol. The first-order chi connectivity index (χ1) is 13.9. The van der Waals surface area contributed by atoms with Crippen LogP contribution in [0.5, 0.6) is 5.75 Å². The quantitative estimate of drug-likeness (QED) is 0.446. The molecule has 0 aliphatic carbocycles. The van der Waals surface area contributed by atoms with Gasteiger partial charge in [-0.05, 0) is 48.0 Å². The van der Waals surface area contributed by atoms with Gasteiger partial charge in [0.15, 0.2) is 0 Å². The molecule has 146 valence electrons. The van der Waals surface area contributed by atoms with Crippen molar-refractivity contribution in [2.24, 2.45) is 10.1 Å². The van der Waals surface area contributed by atoms with E-state index >= 15 is 0 Å². The van der Waals surface area contributed by atoms with E-state index in [9.17, 15) is 19.1 Å². The van der Waals surface area contributed by atoms with Gasteiger partial charge >= 0.3 is 0 Å². The van der Waals surface area contributed by atoms with Gasteiger partial charge in [-0.2, -0.15) is 10.4 Å². The maximum atomic E-state index is 13.2. The number of hydrazone groups is 1. The minimum atomic E-state index is -0.965. The molecule has 0 saturated carbocycles. The zero-order chi connectivity index (χ0) is 20.8. The van der Waals surface area contributed by atoms with Crippen LogP contribution in [-0.2, 0) is 9.59 Å². The Balaban J connectivity index is 1.57. The Bertz CT molecular complexity index is 1040. The second kappa shape index (κ2) is 8.62. The summed E-state index contributed by atoms with van der Waals surface area (Å²) in [5.74, 6) is -1.41. The molecule has 0 fully saturated rings. The third-order valence-electron chi connectivity index (χ3n) is 3.86. The maximum absolute atomic E-state index is 13.2. The van der Waals surface area contributed by atoms with E-state index in [1.54, 1.807) is 18.2 Å². The number of aromatic hydroxyl groups is 1. The van der Waals surface area contributed by atoms with Crippen LogP contribution in [-0.4, -0.2) is 35.1 Å². The van der Waals surface area contributed by atoms with Gasteiger partial charge in [0.2, 0.25) is 11.9 Å². The number of benzene rings is 2. The summed E-state index contributed by atoms with van der Waals surface area (Å²) in [6.07, 6.45) is 1.20. The molecule has 3 rings (SSSR count). The summed E-state index contributed by atoms with van der Waals surface area (Å²) in [7, 11) is 0. The number of phenols is 1. The second-order valence-corrected chi connectivity index (χ2v) is 6.00. The molecular weight excluding hydrogens is 379 g/mol. The lowest BCUT2D eigenvalue weighted by Crippen LogP contribution is -2.35. The number of rotatable bonds is 5. The van der Waals surface area contributed by atoms with Crippen molar-refractivity contribution in [3.63, 3.8) is 0 Å². The third kappa shape index (κ3) is 5.14. The van der Waals surface area contributed by atoms with Crippen molar-refractivity contribution in [1.82, 2.24) is 10.7 Å². The van der Waals surface area contributed by atoms with E-state index in [0.717, 1.165) is 12.1 Å². The standard InChI is InChI=1S/C19H15FN6O3/c20-13-3-6-15(12(7-13)9-21)23-17(28)8-16-18(29)25-19(24-16)26-22-10-11-1-4-14(27)5-2-11/h1-7,10,16,27H,8H2,(H,23,28)(H2,24,25,26,29)/b22-10-/t16-/m1/s1. The van der Waals surface area contributed by atoms with Crippen LogP contribution in [0.3, 0.4) is 0 Å². The number of hydrogen-bond donors (Lipinski definition) is 4. The number of nitrogens with zero attached hydrogens (tertiary/aromatic N) is 3. The highest BCUT2D eigenvalue weighted by molar-refractivity contribution is 6.07. The summed E-state index contributed by atoms with van der Waals surface area (Å²) in [5.41, 5.74) is 3.40. The van der Waals surface area contributed by atoms with E-state index in [-0.39, 0.29) is 29.4 Å². The molecule has 0 spiro atoms. The van der Waals surface area contributed by atoms with Crippen molar-refractivity contribution in [3.8, 4) is 11.8 Å². The van der Waals surface area contributed by atoms with E-state index in [0.29, 0.717) is 5.56 Å². The number of halogens is 1. The van der Waals surface area contributed by atoms with Gasteiger partial charge in [0, 0.05) is 0 Å². The molecule has 29 heavy (non-hydrogen) atoms. The normalized spacial score (nSPS) is 15.5. The van der Waals surface area contributed by atoms with Gasteiger partial charge in [0.1, 0.15) is 23.7 Å². The van der Waals surface area contributed by atoms with Gasteiger partial charge in [-0.3, -0.25) is 14.9 Å². The molecule has 9 nitrogen and oxygen atoms in total. The number of hydrogen-bond acceptors (Lipinski definition) is 7. The molecule has 2 amide bonds. The lowest BCUT2D eigenvalue weighted by molar-refractivity contribution is -0.123. The molecule has 0 bridgehead atoms. The summed E-state index contributed by atoms with van der Waals surface area (Å²) in [6, 6.07) is 10.5. The highest BCUT2D eigenvalue weighted by atomic mass is 19.1. The first-order valence-corrected chi connectivity index (χ1v) is 8.41. The molecule has 1 aliphatic rings. The number of aliphatic imine (C=N–C) groups is 1. The van der Waals surface area contributed by atoms with Gasteiger partial charge in [-0.1, -0.05) is 0 Å². The van der Waals surface area contributed by atoms with Crippen LogP contribution in [0.25, 0.3) is 0 Å². The predicted octanol–water partition coefficient (Wildman–Crippen LogP) is 1.21. The largest absolute Gasteiger partial charge is 0.508 e. The maximum Gasteiger partial charge on any atom is 0.252 e. The van der Waals surface area contributed by atoms with E-state index in [2.05, 4.69) is 26.2 Å². The van der Waals surface area contributed by atoms with Gasteiger partial charge < -0.3 is 10.4 Å². The summed E-state index contributed by atoms with van der Waals surface area (Å²) in [6.45, 7) is 0. The van der Waals surface area contributed by atoms with Crippen LogP contribution >= 0.6 is 0 Å². The zero-order valence-electron chi connectivity index (χ0n) is 14.9. The van der Waals surface area contributed by atoms with Crippen LogP contribution in [0.1, 0.15) is 17.5 Å². The fourth-order valence-corrected chi connectivity index (χ4v) is 2.47.